The van der Waals surface area contributed by atoms with Crippen molar-refractivity contribution in [3.8, 4) is 11.8 Å². The standard InChI is InChI=1S/C23H23BrFN6O8P/c1-11-18-14(13(7-28-11)8-36-12(2)32)5-6-40(35,39-18)37-9-16-19(33)23(24,25)22(10-26,38-16)17-4-3-15-20(34)29-21(27)30-31(15)17/h3-4,7,16,19,33H,5-6,8-9H2,1-2H3,(H3,27,29,30,34)/t16-,19+,22+,23?,40?/m1/s1. The molecule has 4 N–H and O–H groups in total. The van der Waals surface area contributed by atoms with Gasteiger partial charge >= 0.3 is 13.6 Å². The van der Waals surface area contributed by atoms with Crippen molar-refractivity contribution in [2.24, 2.45) is 0 Å². The molecule has 2 aliphatic rings. The number of hydrogen-bond donors (Lipinski definition) is 3. The number of rotatable bonds is 6. The lowest BCUT2D eigenvalue weighted by atomic mass is 9.93. The van der Waals surface area contributed by atoms with Gasteiger partial charge in [0.2, 0.25) is 16.1 Å². The molecular formula is C23H23BrFN6O8P. The van der Waals surface area contributed by atoms with E-state index in [1.54, 1.807) is 19.2 Å². The highest BCUT2D eigenvalue weighted by molar-refractivity contribution is 9.10. The van der Waals surface area contributed by atoms with E-state index in [0.717, 1.165) is 4.52 Å². The minimum atomic E-state index is -3.85. The number of carbonyl (C=O) groups excluding carboxylic acids is 1. The summed E-state index contributed by atoms with van der Waals surface area (Å²) in [5.41, 5.74) is 3.88. The first-order chi connectivity index (χ1) is 18.8. The zero-order chi connectivity index (χ0) is 29.0. The van der Waals surface area contributed by atoms with E-state index in [1.807, 2.05) is 0 Å². The van der Waals surface area contributed by atoms with Crippen LogP contribution in [0.25, 0.3) is 5.52 Å². The maximum atomic E-state index is 16.1. The Morgan fingerprint density at radius 3 is 2.95 bits per heavy atom. The number of H-pyrrole nitrogens is 1. The van der Waals surface area contributed by atoms with Crippen LogP contribution in [0, 0.1) is 18.3 Å². The number of nitrogens with zero attached hydrogens (tertiary/aromatic N) is 4. The normalized spacial score (nSPS) is 29.5. The van der Waals surface area contributed by atoms with Crippen molar-refractivity contribution in [1.82, 2.24) is 19.6 Å². The molecule has 0 saturated carbocycles. The molecule has 1 fully saturated rings. The Balaban J connectivity index is 1.40. The number of nitrogen functional groups attached to an aromatic ring is 1. The number of carbonyl (C=O) groups is 1. The Morgan fingerprint density at radius 1 is 1.50 bits per heavy atom. The van der Waals surface area contributed by atoms with Crippen LogP contribution in [0.4, 0.5) is 10.3 Å². The molecule has 212 valence electrons. The van der Waals surface area contributed by atoms with Crippen molar-refractivity contribution in [3.05, 3.63) is 51.2 Å². The van der Waals surface area contributed by atoms with Gasteiger partial charge in [0.25, 0.3) is 5.56 Å². The number of nitrogens with two attached hydrogens (primary N) is 1. The predicted octanol–water partition coefficient (Wildman–Crippen LogP) is 1.76. The molecule has 40 heavy (non-hydrogen) atoms. The van der Waals surface area contributed by atoms with Gasteiger partial charge < -0.3 is 24.8 Å². The monoisotopic (exact) mass is 640 g/mol. The molecule has 5 heterocycles. The second kappa shape index (κ2) is 9.93. The number of nitrogens with one attached hydrogen (secondary N) is 1. The van der Waals surface area contributed by atoms with Gasteiger partial charge in [-0.3, -0.25) is 24.1 Å². The molecule has 0 aliphatic carbocycles. The summed E-state index contributed by atoms with van der Waals surface area (Å²) in [6, 6.07) is 4.28. The van der Waals surface area contributed by atoms with Gasteiger partial charge in [-0.05, 0) is 41.4 Å². The van der Waals surface area contributed by atoms with Crippen molar-refractivity contribution < 1.29 is 37.4 Å². The number of fused-ring (bicyclic) bond motifs is 2. The molecule has 2 aliphatic heterocycles. The van der Waals surface area contributed by atoms with Crippen LogP contribution in [-0.4, -0.2) is 60.2 Å². The molecule has 3 aromatic rings. The number of anilines is 1. The van der Waals surface area contributed by atoms with Gasteiger partial charge in [0.1, 0.15) is 30.4 Å². The van der Waals surface area contributed by atoms with Crippen molar-refractivity contribution in [3.63, 3.8) is 0 Å². The van der Waals surface area contributed by atoms with E-state index in [1.165, 1.54) is 19.1 Å². The first kappa shape index (κ1) is 28.2. The Kier molecular flexibility index (Phi) is 7.00. The van der Waals surface area contributed by atoms with Crippen molar-refractivity contribution in [2.45, 2.75) is 49.3 Å². The Bertz CT molecular complexity index is 1670. The number of halogens is 2. The Morgan fingerprint density at radius 2 is 2.25 bits per heavy atom. The molecule has 2 unspecified atom stereocenters. The van der Waals surface area contributed by atoms with Crippen LogP contribution in [0.5, 0.6) is 5.75 Å². The van der Waals surface area contributed by atoms with Gasteiger partial charge in [-0.2, -0.15) is 5.26 Å². The lowest BCUT2D eigenvalue weighted by Gasteiger charge is -2.29. The van der Waals surface area contributed by atoms with E-state index in [0.29, 0.717) is 16.8 Å². The zero-order valence-corrected chi connectivity index (χ0v) is 23.6. The largest absolute Gasteiger partial charge is 0.461 e. The average Bonchev–Trinajstić information content (AvgIpc) is 3.40. The number of aromatic amines is 1. The lowest BCUT2D eigenvalue weighted by Crippen LogP contribution is -2.46. The fourth-order valence-electron chi connectivity index (χ4n) is 4.70. The van der Waals surface area contributed by atoms with E-state index in [-0.39, 0.29) is 42.1 Å². The van der Waals surface area contributed by atoms with E-state index >= 15 is 4.39 Å². The maximum Gasteiger partial charge on any atom is 0.379 e. The number of aryl methyl sites for hydroxylation is 1. The van der Waals surface area contributed by atoms with Crippen LogP contribution >= 0.6 is 23.5 Å². The molecule has 0 aromatic carbocycles. The quantitative estimate of drug-likeness (QED) is 0.200. The molecule has 3 aromatic heterocycles. The molecule has 1 saturated heterocycles. The molecule has 5 rings (SSSR count). The van der Waals surface area contributed by atoms with Gasteiger partial charge in [0.05, 0.1) is 24.2 Å². The number of aliphatic hydroxyl groups excluding tert-OH is 1. The van der Waals surface area contributed by atoms with Crippen molar-refractivity contribution in [2.75, 3.05) is 18.5 Å². The number of esters is 1. The number of alkyl halides is 2. The zero-order valence-electron chi connectivity index (χ0n) is 21.1. The summed E-state index contributed by atoms with van der Waals surface area (Å²) < 4.78 is 49.8. The number of nitriles is 1. The van der Waals surface area contributed by atoms with Gasteiger partial charge in [0, 0.05) is 24.2 Å². The summed E-state index contributed by atoms with van der Waals surface area (Å²) in [6.07, 6.45) is -1.78. The molecule has 14 nitrogen and oxygen atoms in total. The number of pyridine rings is 1. The minimum absolute atomic E-state index is 0.0392. The second-order valence-electron chi connectivity index (χ2n) is 9.30. The number of aliphatic hydroxyl groups is 1. The molecular weight excluding hydrogens is 618 g/mol. The number of aromatic nitrogens is 4. The number of hydrogen-bond acceptors (Lipinski definition) is 12. The average molecular weight is 641 g/mol. The van der Waals surface area contributed by atoms with E-state index in [4.69, 9.17) is 24.3 Å². The SMILES string of the molecule is CC(=O)OCc1cnc(C)c2c1CCP(=O)(OC[C@H]1O[C@@](C#N)(c3ccc4c(=O)[nH]c(N)nn34)C(F)(Br)[C@H]1O)O2. The lowest BCUT2D eigenvalue weighted by molar-refractivity contribution is -0.142. The second-order valence-corrected chi connectivity index (χ2v) is 12.6. The van der Waals surface area contributed by atoms with Crippen LogP contribution in [-0.2, 0) is 42.0 Å². The van der Waals surface area contributed by atoms with Crippen LogP contribution in [0.3, 0.4) is 0 Å². The molecule has 5 atom stereocenters. The molecule has 0 spiro atoms. The van der Waals surface area contributed by atoms with E-state index in [9.17, 15) is 24.5 Å². The Hall–Kier alpha value is -3.35. The van der Waals surface area contributed by atoms with Crippen LogP contribution in [0.1, 0.15) is 29.4 Å². The van der Waals surface area contributed by atoms with Crippen LogP contribution in [0.15, 0.2) is 23.1 Å². The van der Waals surface area contributed by atoms with Crippen molar-refractivity contribution in [1.29, 1.82) is 5.26 Å². The smallest absolute Gasteiger partial charge is 0.379 e. The summed E-state index contributed by atoms with van der Waals surface area (Å²) in [4.78, 5) is 30.0. The first-order valence-electron chi connectivity index (χ1n) is 11.9. The van der Waals surface area contributed by atoms with Gasteiger partial charge in [-0.15, -0.1) is 5.10 Å². The predicted molar refractivity (Wildman–Crippen MR) is 138 cm³/mol. The van der Waals surface area contributed by atoms with Crippen molar-refractivity contribution >= 4 is 41.0 Å². The summed E-state index contributed by atoms with van der Waals surface area (Å²) >= 11 is 2.80. The molecule has 0 bridgehead atoms. The highest BCUT2D eigenvalue weighted by Crippen LogP contribution is 2.57. The summed E-state index contributed by atoms with van der Waals surface area (Å²) in [7, 11) is -3.85. The molecule has 0 radical (unpaired) electrons. The number of ether oxygens (including phenoxy) is 2. The highest BCUT2D eigenvalue weighted by Gasteiger charge is 2.69. The summed E-state index contributed by atoms with van der Waals surface area (Å²) in [5, 5.41) is 24.9. The topological polar surface area (TPSA) is 204 Å². The Labute approximate surface area is 233 Å². The third-order valence-electron chi connectivity index (χ3n) is 6.71. The molecule has 0 amide bonds. The van der Waals surface area contributed by atoms with Gasteiger partial charge in [-0.1, -0.05) is 0 Å². The summed E-state index contributed by atoms with van der Waals surface area (Å²) in [5.74, 6) is -0.556. The van der Waals surface area contributed by atoms with E-state index in [2.05, 4.69) is 31.0 Å². The van der Waals surface area contributed by atoms with E-state index < -0.39 is 48.1 Å². The first-order valence-corrected chi connectivity index (χ1v) is 14.4. The fourth-order valence-corrected chi connectivity index (χ4v) is 7.05. The highest BCUT2D eigenvalue weighted by atomic mass is 79.9. The van der Waals surface area contributed by atoms with Crippen LogP contribution in [0.2, 0.25) is 0 Å². The fraction of sp³-hybridized carbons (Fsp3) is 0.435. The summed E-state index contributed by atoms with van der Waals surface area (Å²) in [6.45, 7) is 2.26. The maximum absolute atomic E-state index is 16.1. The minimum Gasteiger partial charge on any atom is -0.461 e. The molecule has 17 heteroatoms. The van der Waals surface area contributed by atoms with Crippen LogP contribution < -0.4 is 15.8 Å². The van der Waals surface area contributed by atoms with Gasteiger partial charge in [0.15, 0.2) is 5.75 Å². The van der Waals surface area contributed by atoms with Gasteiger partial charge in [-0.25, -0.2) is 13.5 Å². The third-order valence-corrected chi connectivity index (χ3v) is 9.52. The third kappa shape index (κ3) is 4.47.